The zero-order chi connectivity index (χ0) is 14.1. The number of hydrogen-bond donors (Lipinski definition) is 0. The maximum atomic E-state index is 13.5. The molecule has 0 radical (unpaired) electrons. The van der Waals surface area contributed by atoms with Crippen molar-refractivity contribution in [2.75, 3.05) is 25.0 Å². The van der Waals surface area contributed by atoms with Crippen molar-refractivity contribution >= 4 is 11.4 Å². The summed E-state index contributed by atoms with van der Waals surface area (Å²) >= 11 is 0. The van der Waals surface area contributed by atoms with E-state index < -0.39 is 0 Å². The highest BCUT2D eigenvalue weighted by Crippen LogP contribution is 2.31. The van der Waals surface area contributed by atoms with Crippen LogP contribution in [-0.2, 0) is 6.54 Å². The molecule has 0 saturated carbocycles. The van der Waals surface area contributed by atoms with E-state index in [1.54, 1.807) is 24.3 Å². The van der Waals surface area contributed by atoms with E-state index in [0.29, 0.717) is 6.54 Å². The molecule has 0 atom stereocenters. The van der Waals surface area contributed by atoms with Gasteiger partial charge in [-0.25, -0.2) is 8.78 Å². The fourth-order valence-corrected chi connectivity index (χ4v) is 2.59. The number of nitrogens with zero attached hydrogens (tertiary/aromatic N) is 2. The van der Waals surface area contributed by atoms with E-state index in [4.69, 9.17) is 0 Å². The third kappa shape index (κ3) is 2.51. The summed E-state index contributed by atoms with van der Waals surface area (Å²) in [5.74, 6) is -0.474. The molecule has 0 spiro atoms. The molecule has 4 heteroatoms. The molecule has 2 aromatic carbocycles. The zero-order valence-corrected chi connectivity index (χ0v) is 11.3. The quantitative estimate of drug-likeness (QED) is 0.784. The molecule has 104 valence electrons. The van der Waals surface area contributed by atoms with Gasteiger partial charge in [0.15, 0.2) is 0 Å². The lowest BCUT2D eigenvalue weighted by Gasteiger charge is -2.24. The molecule has 0 N–H and O–H groups in total. The molecule has 0 amide bonds. The van der Waals surface area contributed by atoms with Gasteiger partial charge >= 0.3 is 0 Å². The Balaban J connectivity index is 2.05. The summed E-state index contributed by atoms with van der Waals surface area (Å²) in [6.07, 6.45) is 0. The Bertz CT molecular complexity index is 610. The van der Waals surface area contributed by atoms with Gasteiger partial charge in [-0.3, -0.25) is 0 Å². The highest BCUT2D eigenvalue weighted by atomic mass is 19.1. The molecule has 1 aliphatic rings. The molecule has 1 heterocycles. The van der Waals surface area contributed by atoms with Crippen LogP contribution in [0.4, 0.5) is 20.2 Å². The Kier molecular flexibility index (Phi) is 3.40. The zero-order valence-electron chi connectivity index (χ0n) is 11.3. The minimum Gasteiger partial charge on any atom is -0.340 e. The van der Waals surface area contributed by atoms with Gasteiger partial charge in [0.1, 0.15) is 11.6 Å². The molecular weight excluding hydrogens is 258 g/mol. The third-order valence-electron chi connectivity index (χ3n) is 3.62. The standard InChI is InChI=1S/C16H16F2N2/c1-19-8-9-20(15-5-2-13(17)3-6-15)16-7-4-14(18)10-12(16)11-19/h2-7,10H,8-9,11H2,1H3. The van der Waals surface area contributed by atoms with Crippen LogP contribution in [0.15, 0.2) is 42.5 Å². The monoisotopic (exact) mass is 274 g/mol. The van der Waals surface area contributed by atoms with E-state index in [1.165, 1.54) is 18.2 Å². The van der Waals surface area contributed by atoms with Gasteiger partial charge in [0.2, 0.25) is 0 Å². The molecule has 3 rings (SSSR count). The maximum Gasteiger partial charge on any atom is 0.123 e. The van der Waals surface area contributed by atoms with Crippen molar-refractivity contribution in [2.24, 2.45) is 0 Å². The van der Waals surface area contributed by atoms with Crippen LogP contribution in [0, 0.1) is 11.6 Å². The van der Waals surface area contributed by atoms with Gasteiger partial charge in [0.25, 0.3) is 0 Å². The van der Waals surface area contributed by atoms with Crippen LogP contribution in [-0.4, -0.2) is 25.0 Å². The summed E-state index contributed by atoms with van der Waals surface area (Å²) in [5.41, 5.74) is 2.87. The summed E-state index contributed by atoms with van der Waals surface area (Å²) in [4.78, 5) is 4.26. The maximum absolute atomic E-state index is 13.5. The highest BCUT2D eigenvalue weighted by molar-refractivity contribution is 5.67. The Morgan fingerprint density at radius 2 is 1.60 bits per heavy atom. The Labute approximate surface area is 117 Å². The lowest BCUT2D eigenvalue weighted by molar-refractivity contribution is 0.343. The normalized spacial score (nSPS) is 15.8. The van der Waals surface area contributed by atoms with E-state index in [2.05, 4.69) is 9.80 Å². The summed E-state index contributed by atoms with van der Waals surface area (Å²) in [6.45, 7) is 2.37. The van der Waals surface area contributed by atoms with Crippen molar-refractivity contribution in [3.8, 4) is 0 Å². The lowest BCUT2D eigenvalue weighted by atomic mass is 10.1. The van der Waals surface area contributed by atoms with Gasteiger partial charge in [0.05, 0.1) is 0 Å². The van der Waals surface area contributed by atoms with E-state index in [1.807, 2.05) is 7.05 Å². The number of benzene rings is 2. The molecule has 0 bridgehead atoms. The Morgan fingerprint density at radius 1 is 0.900 bits per heavy atom. The minimum absolute atomic E-state index is 0.224. The van der Waals surface area contributed by atoms with Gasteiger partial charge in [-0.05, 0) is 55.1 Å². The van der Waals surface area contributed by atoms with Crippen molar-refractivity contribution in [1.29, 1.82) is 0 Å². The average Bonchev–Trinajstić information content (AvgIpc) is 2.58. The molecule has 0 aliphatic carbocycles. The van der Waals surface area contributed by atoms with E-state index >= 15 is 0 Å². The van der Waals surface area contributed by atoms with Crippen LogP contribution in [0.25, 0.3) is 0 Å². The average molecular weight is 274 g/mol. The van der Waals surface area contributed by atoms with Crippen LogP contribution in [0.3, 0.4) is 0 Å². The van der Waals surface area contributed by atoms with E-state index in [0.717, 1.165) is 30.0 Å². The fourth-order valence-electron chi connectivity index (χ4n) is 2.59. The van der Waals surface area contributed by atoms with Crippen molar-refractivity contribution < 1.29 is 8.78 Å². The third-order valence-corrected chi connectivity index (χ3v) is 3.62. The Morgan fingerprint density at radius 3 is 2.35 bits per heavy atom. The predicted octanol–water partition coefficient (Wildman–Crippen LogP) is 3.55. The molecule has 0 fully saturated rings. The fraction of sp³-hybridized carbons (Fsp3) is 0.250. The summed E-state index contributed by atoms with van der Waals surface area (Å²) in [6, 6.07) is 11.3. The first-order valence-corrected chi connectivity index (χ1v) is 6.63. The first-order valence-electron chi connectivity index (χ1n) is 6.63. The Hall–Kier alpha value is -1.94. The van der Waals surface area contributed by atoms with Crippen molar-refractivity contribution in [2.45, 2.75) is 6.54 Å². The SMILES string of the molecule is CN1CCN(c2ccc(F)cc2)c2ccc(F)cc2C1. The van der Waals surface area contributed by atoms with Gasteiger partial charge in [0, 0.05) is 31.0 Å². The van der Waals surface area contributed by atoms with Crippen LogP contribution in [0.1, 0.15) is 5.56 Å². The second kappa shape index (κ2) is 5.21. The molecule has 2 aromatic rings. The first kappa shape index (κ1) is 13.1. The number of likely N-dealkylation sites (N-methyl/N-ethyl adjacent to an activating group) is 1. The van der Waals surface area contributed by atoms with Crippen molar-refractivity contribution in [3.63, 3.8) is 0 Å². The van der Waals surface area contributed by atoms with Crippen LogP contribution < -0.4 is 4.90 Å². The number of hydrogen-bond acceptors (Lipinski definition) is 2. The van der Waals surface area contributed by atoms with Crippen LogP contribution in [0.2, 0.25) is 0 Å². The van der Waals surface area contributed by atoms with E-state index in [-0.39, 0.29) is 11.6 Å². The highest BCUT2D eigenvalue weighted by Gasteiger charge is 2.19. The molecule has 2 nitrogen and oxygen atoms in total. The molecule has 1 aliphatic heterocycles. The topological polar surface area (TPSA) is 6.48 Å². The molecular formula is C16H16F2N2. The van der Waals surface area contributed by atoms with Crippen LogP contribution in [0.5, 0.6) is 0 Å². The second-order valence-electron chi connectivity index (χ2n) is 5.14. The van der Waals surface area contributed by atoms with E-state index in [9.17, 15) is 8.78 Å². The van der Waals surface area contributed by atoms with Gasteiger partial charge in [-0.1, -0.05) is 0 Å². The number of rotatable bonds is 1. The largest absolute Gasteiger partial charge is 0.340 e. The van der Waals surface area contributed by atoms with Gasteiger partial charge < -0.3 is 9.80 Å². The first-order chi connectivity index (χ1) is 9.63. The number of halogens is 2. The number of fused-ring (bicyclic) bond motifs is 1. The van der Waals surface area contributed by atoms with Gasteiger partial charge in [-0.2, -0.15) is 0 Å². The molecule has 0 aromatic heterocycles. The summed E-state index contributed by atoms with van der Waals surface area (Å²) < 4.78 is 26.5. The van der Waals surface area contributed by atoms with Gasteiger partial charge in [-0.15, -0.1) is 0 Å². The molecule has 0 saturated heterocycles. The summed E-state index contributed by atoms with van der Waals surface area (Å²) in [7, 11) is 2.02. The lowest BCUT2D eigenvalue weighted by Crippen LogP contribution is -2.26. The molecule has 20 heavy (non-hydrogen) atoms. The second-order valence-corrected chi connectivity index (χ2v) is 5.14. The predicted molar refractivity (Wildman–Crippen MR) is 76.1 cm³/mol. The van der Waals surface area contributed by atoms with Crippen LogP contribution >= 0.6 is 0 Å². The molecule has 0 unspecified atom stereocenters. The summed E-state index contributed by atoms with van der Waals surface area (Å²) in [5, 5.41) is 0. The smallest absolute Gasteiger partial charge is 0.123 e. The van der Waals surface area contributed by atoms with Crippen molar-refractivity contribution in [1.82, 2.24) is 4.90 Å². The minimum atomic E-state index is -0.250. The van der Waals surface area contributed by atoms with Crippen molar-refractivity contribution in [3.05, 3.63) is 59.7 Å². The number of anilines is 2.